The summed E-state index contributed by atoms with van der Waals surface area (Å²) in [5.74, 6) is 3.63. The van der Waals surface area contributed by atoms with Gasteiger partial charge >= 0.3 is 0 Å². The van der Waals surface area contributed by atoms with Crippen molar-refractivity contribution in [1.82, 2.24) is 0 Å². The van der Waals surface area contributed by atoms with Gasteiger partial charge in [0.1, 0.15) is 0 Å². The Morgan fingerprint density at radius 3 is 2.40 bits per heavy atom. The maximum atomic E-state index is 2.43. The second kappa shape index (κ2) is 3.17. The summed E-state index contributed by atoms with van der Waals surface area (Å²) < 4.78 is 0. The zero-order chi connectivity index (χ0) is 7.61. The van der Waals surface area contributed by atoms with E-state index in [1.807, 2.05) is 0 Å². The van der Waals surface area contributed by atoms with Crippen LogP contribution in [0.15, 0.2) is 0 Å². The van der Waals surface area contributed by atoms with Crippen LogP contribution in [0.2, 0.25) is 0 Å². The fourth-order valence-corrected chi connectivity index (χ4v) is 2.85. The highest BCUT2D eigenvalue weighted by Gasteiger charge is 2.29. The van der Waals surface area contributed by atoms with Gasteiger partial charge in [-0.1, -0.05) is 20.8 Å². The molecule has 1 aliphatic rings. The quantitative estimate of drug-likeness (QED) is 0.565. The molecular formula is C9H18S. The first-order chi connectivity index (χ1) is 4.65. The minimum Gasteiger partial charge on any atom is -0.161 e. The molecule has 0 nitrogen and oxygen atoms in total. The van der Waals surface area contributed by atoms with Crippen LogP contribution in [0.5, 0.6) is 0 Å². The van der Waals surface area contributed by atoms with Gasteiger partial charge in [0, 0.05) is 0 Å². The van der Waals surface area contributed by atoms with E-state index in [1.54, 1.807) is 0 Å². The first-order valence-corrected chi connectivity index (χ1v) is 5.38. The van der Waals surface area contributed by atoms with Crippen molar-refractivity contribution in [1.29, 1.82) is 0 Å². The molecule has 0 aliphatic carbocycles. The van der Waals surface area contributed by atoms with E-state index in [-0.39, 0.29) is 0 Å². The van der Waals surface area contributed by atoms with E-state index < -0.39 is 0 Å². The molecule has 1 aliphatic heterocycles. The molecule has 1 atom stereocenters. The molecule has 0 spiro atoms. The van der Waals surface area contributed by atoms with E-state index in [0.717, 1.165) is 5.92 Å². The lowest BCUT2D eigenvalue weighted by molar-refractivity contribution is 0.229. The first kappa shape index (κ1) is 8.45. The highest BCUT2D eigenvalue weighted by molar-refractivity contribution is 7.99. The fourth-order valence-electron chi connectivity index (χ4n) is 1.41. The van der Waals surface area contributed by atoms with E-state index in [4.69, 9.17) is 0 Å². The summed E-state index contributed by atoms with van der Waals surface area (Å²) in [6.07, 6.45) is 2.87. The van der Waals surface area contributed by atoms with Gasteiger partial charge in [0.2, 0.25) is 0 Å². The molecule has 0 radical (unpaired) electrons. The van der Waals surface area contributed by atoms with E-state index >= 15 is 0 Å². The summed E-state index contributed by atoms with van der Waals surface area (Å²) in [5.41, 5.74) is 0.642. The average molecular weight is 158 g/mol. The van der Waals surface area contributed by atoms with Crippen LogP contribution in [0.1, 0.15) is 33.6 Å². The maximum Gasteiger partial charge on any atom is -0.00110 e. The standard InChI is InChI=1S/C9H18S/c1-8(2)9(3)5-4-6-10-7-9/h8H,4-7H2,1-3H3. The summed E-state index contributed by atoms with van der Waals surface area (Å²) in [5, 5.41) is 0. The minimum atomic E-state index is 0.642. The van der Waals surface area contributed by atoms with Crippen molar-refractivity contribution in [2.75, 3.05) is 11.5 Å². The number of thioether (sulfide) groups is 1. The topological polar surface area (TPSA) is 0 Å². The lowest BCUT2D eigenvalue weighted by Gasteiger charge is -2.36. The van der Waals surface area contributed by atoms with Crippen molar-refractivity contribution in [2.24, 2.45) is 11.3 Å². The lowest BCUT2D eigenvalue weighted by atomic mass is 9.77. The Balaban J connectivity index is 2.48. The van der Waals surface area contributed by atoms with E-state index in [2.05, 4.69) is 32.5 Å². The predicted octanol–water partition coefficient (Wildman–Crippen LogP) is 3.18. The average Bonchev–Trinajstić information content (AvgIpc) is 1.89. The van der Waals surface area contributed by atoms with Gasteiger partial charge in [0.25, 0.3) is 0 Å². The third-order valence-corrected chi connectivity index (χ3v) is 4.30. The van der Waals surface area contributed by atoms with Crippen LogP contribution in [-0.4, -0.2) is 11.5 Å². The van der Waals surface area contributed by atoms with Gasteiger partial charge in [0.15, 0.2) is 0 Å². The molecule has 0 amide bonds. The molecule has 0 bridgehead atoms. The predicted molar refractivity (Wildman–Crippen MR) is 49.5 cm³/mol. The lowest BCUT2D eigenvalue weighted by Crippen LogP contribution is -2.29. The third kappa shape index (κ3) is 1.69. The smallest absolute Gasteiger partial charge is 0.00110 e. The summed E-state index contributed by atoms with van der Waals surface area (Å²) >= 11 is 2.13. The van der Waals surface area contributed by atoms with Crippen LogP contribution in [-0.2, 0) is 0 Å². The largest absolute Gasteiger partial charge is 0.161 e. The number of hydrogen-bond acceptors (Lipinski definition) is 1. The Kier molecular flexibility index (Phi) is 2.67. The van der Waals surface area contributed by atoms with Gasteiger partial charge in [-0.05, 0) is 35.7 Å². The molecule has 1 rings (SSSR count). The zero-order valence-electron chi connectivity index (χ0n) is 7.31. The molecule has 1 saturated heterocycles. The molecule has 1 heteroatoms. The molecule has 0 N–H and O–H groups in total. The van der Waals surface area contributed by atoms with Crippen molar-refractivity contribution in [2.45, 2.75) is 33.6 Å². The van der Waals surface area contributed by atoms with E-state index in [0.29, 0.717) is 5.41 Å². The first-order valence-electron chi connectivity index (χ1n) is 4.23. The molecule has 0 aromatic rings. The van der Waals surface area contributed by atoms with Crippen LogP contribution < -0.4 is 0 Å². The molecule has 10 heavy (non-hydrogen) atoms. The summed E-state index contributed by atoms with van der Waals surface area (Å²) in [4.78, 5) is 0. The van der Waals surface area contributed by atoms with Crippen molar-refractivity contribution < 1.29 is 0 Å². The van der Waals surface area contributed by atoms with E-state index in [9.17, 15) is 0 Å². The third-order valence-electron chi connectivity index (χ3n) is 2.86. The van der Waals surface area contributed by atoms with Crippen molar-refractivity contribution in [3.05, 3.63) is 0 Å². The van der Waals surface area contributed by atoms with Crippen LogP contribution in [0.3, 0.4) is 0 Å². The molecule has 1 unspecified atom stereocenters. The molecule has 1 heterocycles. The Labute approximate surface area is 68.8 Å². The van der Waals surface area contributed by atoms with Gasteiger partial charge in [0.05, 0.1) is 0 Å². The SMILES string of the molecule is CC(C)C1(C)CCCSC1. The fraction of sp³-hybridized carbons (Fsp3) is 1.00. The van der Waals surface area contributed by atoms with Crippen LogP contribution in [0.25, 0.3) is 0 Å². The Morgan fingerprint density at radius 1 is 1.40 bits per heavy atom. The van der Waals surface area contributed by atoms with Crippen molar-refractivity contribution in [3.8, 4) is 0 Å². The number of hydrogen-bond donors (Lipinski definition) is 0. The van der Waals surface area contributed by atoms with Gasteiger partial charge in [-0.15, -0.1) is 0 Å². The van der Waals surface area contributed by atoms with Gasteiger partial charge in [-0.2, -0.15) is 11.8 Å². The van der Waals surface area contributed by atoms with E-state index in [1.165, 1.54) is 24.3 Å². The van der Waals surface area contributed by atoms with Gasteiger partial charge in [-0.25, -0.2) is 0 Å². The number of rotatable bonds is 1. The maximum absolute atomic E-state index is 2.43. The van der Waals surface area contributed by atoms with Crippen molar-refractivity contribution in [3.63, 3.8) is 0 Å². The van der Waals surface area contributed by atoms with Gasteiger partial charge < -0.3 is 0 Å². The summed E-state index contributed by atoms with van der Waals surface area (Å²) in [6, 6.07) is 0. The van der Waals surface area contributed by atoms with Crippen molar-refractivity contribution >= 4 is 11.8 Å². The molecule has 1 fully saturated rings. The minimum absolute atomic E-state index is 0.642. The molecule has 0 saturated carbocycles. The van der Waals surface area contributed by atoms with Gasteiger partial charge in [-0.3, -0.25) is 0 Å². The highest BCUT2D eigenvalue weighted by atomic mass is 32.2. The molecule has 0 aromatic heterocycles. The summed E-state index contributed by atoms with van der Waals surface area (Å²) in [6.45, 7) is 7.14. The van der Waals surface area contributed by atoms with Crippen LogP contribution in [0.4, 0.5) is 0 Å². The second-order valence-corrected chi connectivity index (χ2v) is 5.07. The Bertz CT molecular complexity index is 101. The Morgan fingerprint density at radius 2 is 2.10 bits per heavy atom. The van der Waals surface area contributed by atoms with Crippen LogP contribution >= 0.6 is 11.8 Å². The normalized spacial score (nSPS) is 34.8. The molecule has 0 aromatic carbocycles. The highest BCUT2D eigenvalue weighted by Crippen LogP contribution is 2.39. The van der Waals surface area contributed by atoms with Crippen LogP contribution in [0, 0.1) is 11.3 Å². The molecule has 60 valence electrons. The second-order valence-electron chi connectivity index (χ2n) is 3.96. The molecular weight excluding hydrogens is 140 g/mol. The monoisotopic (exact) mass is 158 g/mol. The Hall–Kier alpha value is 0.350. The zero-order valence-corrected chi connectivity index (χ0v) is 8.13. The summed E-state index contributed by atoms with van der Waals surface area (Å²) in [7, 11) is 0.